The maximum atomic E-state index is 12.0. The smallest absolute Gasteiger partial charge is 0.328 e. The molecule has 1 aromatic heterocycles. The number of urea groups is 1. The van der Waals surface area contributed by atoms with E-state index in [1.165, 1.54) is 12.1 Å². The summed E-state index contributed by atoms with van der Waals surface area (Å²) in [5, 5.41) is 9.84. The van der Waals surface area contributed by atoms with Crippen LogP contribution in [0.5, 0.6) is 0 Å². The molecule has 0 aliphatic rings. The molecule has 0 saturated heterocycles. The van der Waals surface area contributed by atoms with Crippen LogP contribution in [-0.4, -0.2) is 31.2 Å². The molecule has 2 amide bonds. The minimum atomic E-state index is -3.88. The maximum Gasteiger partial charge on any atom is 0.328 e. The van der Waals surface area contributed by atoms with Gasteiger partial charge in [-0.25, -0.2) is 17.9 Å². The first-order chi connectivity index (χ1) is 10.4. The lowest BCUT2D eigenvalue weighted by molar-refractivity contribution is 0.245. The molecule has 118 valence electrons. The van der Waals surface area contributed by atoms with E-state index in [4.69, 9.17) is 4.42 Å². The van der Waals surface area contributed by atoms with E-state index in [0.29, 0.717) is 18.2 Å². The van der Waals surface area contributed by atoms with E-state index >= 15 is 0 Å². The normalized spacial score (nSPS) is 11.2. The molecule has 2 rings (SSSR count). The molecule has 2 aromatic rings. The van der Waals surface area contributed by atoms with Crippen LogP contribution in [0.15, 0.2) is 33.6 Å². The number of hydrogen-bond acceptors (Lipinski definition) is 6. The van der Waals surface area contributed by atoms with E-state index in [1.807, 2.05) is 11.6 Å². The lowest BCUT2D eigenvalue weighted by Gasteiger charge is -2.08. The number of carbonyl (C=O) groups excluding carboxylic acids is 1. The van der Waals surface area contributed by atoms with Crippen molar-refractivity contribution in [1.29, 1.82) is 0 Å². The number of amides is 2. The summed E-state index contributed by atoms with van der Waals surface area (Å²) in [6, 6.07) is 5.38. The van der Waals surface area contributed by atoms with Crippen molar-refractivity contribution in [2.75, 3.05) is 6.54 Å². The fourth-order valence-electron chi connectivity index (χ4n) is 1.66. The molecule has 0 unspecified atom stereocenters. The summed E-state index contributed by atoms with van der Waals surface area (Å²) in [5.74, 6) is 0.806. The molecular weight excluding hydrogens is 308 g/mol. The van der Waals surface area contributed by atoms with Crippen molar-refractivity contribution in [2.45, 2.75) is 25.2 Å². The molecule has 0 fully saturated rings. The molecule has 0 atom stereocenters. The van der Waals surface area contributed by atoms with Crippen molar-refractivity contribution in [2.24, 2.45) is 0 Å². The minimum absolute atomic E-state index is 0.0285. The first kappa shape index (κ1) is 16.0. The average molecular weight is 324 g/mol. The molecule has 22 heavy (non-hydrogen) atoms. The Morgan fingerprint density at radius 1 is 1.18 bits per heavy atom. The highest BCUT2D eigenvalue weighted by molar-refractivity contribution is 7.90. The SMILES string of the molecule is Cc1ccc(S(=O)(=O)NC(=O)NCCc2nnc(C)o2)cc1. The first-order valence-electron chi connectivity index (χ1n) is 6.53. The lowest BCUT2D eigenvalue weighted by Crippen LogP contribution is -2.40. The number of aromatic nitrogens is 2. The Hall–Kier alpha value is -2.42. The molecule has 9 heteroatoms. The van der Waals surface area contributed by atoms with Gasteiger partial charge in [-0.2, -0.15) is 0 Å². The standard InChI is InChI=1S/C13H16N4O4S/c1-9-3-5-11(6-4-9)22(19,20)17-13(18)14-8-7-12-16-15-10(2)21-12/h3-6H,7-8H2,1-2H3,(H2,14,17,18). The molecule has 0 spiro atoms. The second-order valence-corrected chi connectivity index (χ2v) is 6.32. The Bertz CT molecular complexity index is 753. The second-order valence-electron chi connectivity index (χ2n) is 4.64. The zero-order chi connectivity index (χ0) is 16.2. The van der Waals surface area contributed by atoms with Crippen LogP contribution in [0.2, 0.25) is 0 Å². The Morgan fingerprint density at radius 2 is 1.86 bits per heavy atom. The van der Waals surface area contributed by atoms with E-state index in [1.54, 1.807) is 19.1 Å². The van der Waals surface area contributed by atoms with Crippen molar-refractivity contribution in [3.8, 4) is 0 Å². The van der Waals surface area contributed by atoms with Crippen LogP contribution in [0.3, 0.4) is 0 Å². The summed E-state index contributed by atoms with van der Waals surface area (Å²) in [6.07, 6.45) is 0.318. The fraction of sp³-hybridized carbons (Fsp3) is 0.308. The molecule has 2 N–H and O–H groups in total. The van der Waals surface area contributed by atoms with Crippen molar-refractivity contribution in [3.05, 3.63) is 41.6 Å². The van der Waals surface area contributed by atoms with Crippen LogP contribution in [-0.2, 0) is 16.4 Å². The van der Waals surface area contributed by atoms with Gasteiger partial charge in [-0.1, -0.05) is 17.7 Å². The minimum Gasteiger partial charge on any atom is -0.426 e. The molecule has 0 bridgehead atoms. The van der Waals surface area contributed by atoms with E-state index in [9.17, 15) is 13.2 Å². The van der Waals surface area contributed by atoms with Crippen molar-refractivity contribution in [3.63, 3.8) is 0 Å². The van der Waals surface area contributed by atoms with Crippen LogP contribution in [0.1, 0.15) is 17.3 Å². The van der Waals surface area contributed by atoms with Crippen LogP contribution < -0.4 is 10.0 Å². The van der Waals surface area contributed by atoms with Gasteiger partial charge in [0, 0.05) is 19.9 Å². The number of carbonyl (C=O) groups is 1. The number of aryl methyl sites for hydroxylation is 2. The van der Waals surface area contributed by atoms with Crippen LogP contribution >= 0.6 is 0 Å². The van der Waals surface area contributed by atoms with Gasteiger partial charge in [-0.15, -0.1) is 10.2 Å². The average Bonchev–Trinajstić information content (AvgIpc) is 2.84. The first-order valence-corrected chi connectivity index (χ1v) is 8.01. The highest BCUT2D eigenvalue weighted by atomic mass is 32.2. The molecule has 1 aromatic carbocycles. The van der Waals surface area contributed by atoms with Gasteiger partial charge < -0.3 is 9.73 Å². The number of sulfonamides is 1. The van der Waals surface area contributed by atoms with Crippen LogP contribution in [0.4, 0.5) is 4.79 Å². The third-order valence-corrected chi connectivity index (χ3v) is 4.10. The van der Waals surface area contributed by atoms with E-state index in [-0.39, 0.29) is 11.4 Å². The Kier molecular flexibility index (Phi) is 4.76. The largest absolute Gasteiger partial charge is 0.426 e. The Morgan fingerprint density at radius 3 is 2.45 bits per heavy atom. The quantitative estimate of drug-likeness (QED) is 0.845. The summed E-state index contributed by atoms with van der Waals surface area (Å²) in [4.78, 5) is 11.7. The number of nitrogens with one attached hydrogen (secondary N) is 2. The van der Waals surface area contributed by atoms with Gasteiger partial charge in [-0.05, 0) is 19.1 Å². The Balaban J connectivity index is 1.86. The lowest BCUT2D eigenvalue weighted by atomic mass is 10.2. The molecule has 1 heterocycles. The summed E-state index contributed by atoms with van der Waals surface area (Å²) < 4.78 is 31.0. The second kappa shape index (κ2) is 6.56. The predicted octanol–water partition coefficient (Wildman–Crippen LogP) is 0.917. The molecule has 0 aliphatic carbocycles. The molecule has 8 nitrogen and oxygen atoms in total. The monoisotopic (exact) mass is 324 g/mol. The maximum absolute atomic E-state index is 12.0. The number of nitrogens with zero attached hydrogens (tertiary/aromatic N) is 2. The third-order valence-electron chi connectivity index (χ3n) is 2.75. The zero-order valence-corrected chi connectivity index (χ0v) is 13.0. The van der Waals surface area contributed by atoms with Gasteiger partial charge in [-0.3, -0.25) is 0 Å². The van der Waals surface area contributed by atoms with Crippen LogP contribution in [0.25, 0.3) is 0 Å². The van der Waals surface area contributed by atoms with E-state index in [2.05, 4.69) is 15.5 Å². The summed E-state index contributed by atoms with van der Waals surface area (Å²) >= 11 is 0. The zero-order valence-electron chi connectivity index (χ0n) is 12.2. The van der Waals surface area contributed by atoms with Gasteiger partial charge >= 0.3 is 6.03 Å². The van der Waals surface area contributed by atoms with Gasteiger partial charge in [0.05, 0.1) is 4.90 Å². The van der Waals surface area contributed by atoms with Crippen molar-refractivity contribution in [1.82, 2.24) is 20.2 Å². The van der Waals surface area contributed by atoms with Crippen LogP contribution in [0, 0.1) is 13.8 Å². The summed E-state index contributed by atoms with van der Waals surface area (Å²) in [5.41, 5.74) is 0.929. The molecule has 0 saturated carbocycles. The predicted molar refractivity (Wildman–Crippen MR) is 77.6 cm³/mol. The topological polar surface area (TPSA) is 114 Å². The van der Waals surface area contributed by atoms with E-state index in [0.717, 1.165) is 5.56 Å². The Labute approximate surface area is 128 Å². The highest BCUT2D eigenvalue weighted by Gasteiger charge is 2.17. The summed E-state index contributed by atoms with van der Waals surface area (Å²) in [6.45, 7) is 3.68. The van der Waals surface area contributed by atoms with Gasteiger partial charge in [0.2, 0.25) is 11.8 Å². The van der Waals surface area contributed by atoms with E-state index < -0.39 is 16.1 Å². The fourth-order valence-corrected chi connectivity index (χ4v) is 2.58. The summed E-state index contributed by atoms with van der Waals surface area (Å²) in [7, 11) is -3.88. The molecule has 0 aliphatic heterocycles. The number of hydrogen-bond donors (Lipinski definition) is 2. The molecular formula is C13H16N4O4S. The van der Waals surface area contributed by atoms with Crippen molar-refractivity contribution >= 4 is 16.1 Å². The highest BCUT2D eigenvalue weighted by Crippen LogP contribution is 2.09. The number of benzene rings is 1. The number of rotatable bonds is 5. The van der Waals surface area contributed by atoms with Crippen molar-refractivity contribution < 1.29 is 17.6 Å². The van der Waals surface area contributed by atoms with Gasteiger partial charge in [0.25, 0.3) is 10.0 Å². The molecule has 0 radical (unpaired) electrons. The van der Waals surface area contributed by atoms with Gasteiger partial charge in [0.1, 0.15) is 0 Å². The third kappa shape index (κ3) is 4.29. The van der Waals surface area contributed by atoms with Gasteiger partial charge in [0.15, 0.2) is 0 Å².